The van der Waals surface area contributed by atoms with Crippen molar-refractivity contribution in [2.24, 2.45) is 11.3 Å². The Morgan fingerprint density at radius 2 is 1.32 bits per heavy atom. The van der Waals surface area contributed by atoms with E-state index in [-0.39, 0.29) is 0 Å². The molecule has 0 bridgehead atoms. The van der Waals surface area contributed by atoms with Crippen LogP contribution in [-0.4, -0.2) is 21.0 Å². The van der Waals surface area contributed by atoms with E-state index >= 15 is 0 Å². The maximum Gasteiger partial charge on any atom is 0.0134 e. The van der Waals surface area contributed by atoms with Crippen molar-refractivity contribution < 1.29 is 0 Å². The zero-order valence-electron chi connectivity index (χ0n) is 14.7. The van der Waals surface area contributed by atoms with Crippen molar-refractivity contribution in [1.82, 2.24) is 0 Å². The van der Waals surface area contributed by atoms with Crippen LogP contribution in [0, 0.1) is 11.3 Å². The highest BCUT2D eigenvalue weighted by molar-refractivity contribution is 8.01. The van der Waals surface area contributed by atoms with Gasteiger partial charge >= 0.3 is 0 Å². The van der Waals surface area contributed by atoms with Gasteiger partial charge in [0.05, 0.1) is 0 Å². The molecule has 0 radical (unpaired) electrons. The van der Waals surface area contributed by atoms with Gasteiger partial charge in [0.25, 0.3) is 0 Å². The predicted octanol–water partition coefficient (Wildman–Crippen LogP) is 6.49. The standard InChI is InChI=1S/C17H36S2/c1-10-16(6,7)18-12-11-13-19-17(8,9)14(2)15(3,4)5/h14H,10-13H2,1-9H3. The van der Waals surface area contributed by atoms with Gasteiger partial charge in [0.2, 0.25) is 0 Å². The molecule has 0 N–H and O–H groups in total. The van der Waals surface area contributed by atoms with Gasteiger partial charge in [-0.1, -0.05) is 62.3 Å². The normalized spacial score (nSPS) is 15.6. The summed E-state index contributed by atoms with van der Waals surface area (Å²) in [6, 6.07) is 0. The molecule has 0 aliphatic rings. The summed E-state index contributed by atoms with van der Waals surface area (Å²) in [6.07, 6.45) is 2.59. The minimum absolute atomic E-state index is 0.378. The molecule has 0 saturated heterocycles. The van der Waals surface area contributed by atoms with E-state index in [0.717, 1.165) is 5.92 Å². The minimum Gasteiger partial charge on any atom is -0.156 e. The zero-order chi connectivity index (χ0) is 15.3. The van der Waals surface area contributed by atoms with Crippen LogP contribution in [0.5, 0.6) is 0 Å². The molecule has 0 aromatic carbocycles. The molecule has 19 heavy (non-hydrogen) atoms. The van der Waals surface area contributed by atoms with Crippen LogP contribution in [0.2, 0.25) is 0 Å². The Morgan fingerprint density at radius 3 is 1.74 bits per heavy atom. The van der Waals surface area contributed by atoms with Gasteiger partial charge in [0.15, 0.2) is 0 Å². The van der Waals surface area contributed by atoms with E-state index in [0.29, 0.717) is 14.9 Å². The highest BCUT2D eigenvalue weighted by Crippen LogP contribution is 2.42. The molecule has 0 rings (SSSR count). The van der Waals surface area contributed by atoms with Gasteiger partial charge in [-0.25, -0.2) is 0 Å². The molecule has 0 nitrogen and oxygen atoms in total. The topological polar surface area (TPSA) is 0 Å². The molecule has 0 aliphatic carbocycles. The Bertz CT molecular complexity index is 248. The van der Waals surface area contributed by atoms with Crippen LogP contribution in [0.15, 0.2) is 0 Å². The molecule has 1 unspecified atom stereocenters. The first kappa shape index (κ1) is 19.7. The van der Waals surface area contributed by atoms with E-state index in [4.69, 9.17) is 0 Å². The van der Waals surface area contributed by atoms with Gasteiger partial charge in [-0.15, -0.1) is 0 Å². The van der Waals surface area contributed by atoms with Crippen molar-refractivity contribution in [3.8, 4) is 0 Å². The first-order valence-electron chi connectivity index (χ1n) is 7.70. The van der Waals surface area contributed by atoms with Crippen molar-refractivity contribution in [1.29, 1.82) is 0 Å². The third kappa shape index (κ3) is 7.90. The lowest BCUT2D eigenvalue weighted by Gasteiger charge is -2.40. The SMILES string of the molecule is CCC(C)(C)SCCCSC(C)(C)C(C)C(C)(C)C. The summed E-state index contributed by atoms with van der Waals surface area (Å²) >= 11 is 4.29. The Hall–Kier alpha value is 0.700. The summed E-state index contributed by atoms with van der Waals surface area (Å²) in [7, 11) is 0. The first-order valence-corrected chi connectivity index (χ1v) is 9.67. The summed E-state index contributed by atoms with van der Waals surface area (Å²) < 4.78 is 0.835. The van der Waals surface area contributed by atoms with Crippen LogP contribution in [0.1, 0.15) is 75.2 Å². The molecule has 0 aromatic heterocycles. The van der Waals surface area contributed by atoms with Gasteiger partial charge in [-0.3, -0.25) is 0 Å². The van der Waals surface area contributed by atoms with Gasteiger partial charge < -0.3 is 0 Å². The molecule has 1 atom stereocenters. The molecule has 0 spiro atoms. The summed E-state index contributed by atoms with van der Waals surface area (Å²) in [4.78, 5) is 0. The van der Waals surface area contributed by atoms with Gasteiger partial charge in [0.1, 0.15) is 0 Å². The lowest BCUT2D eigenvalue weighted by Crippen LogP contribution is -2.35. The van der Waals surface area contributed by atoms with E-state index in [1.54, 1.807) is 0 Å². The second-order valence-corrected chi connectivity index (χ2v) is 11.4. The summed E-state index contributed by atoms with van der Waals surface area (Å²) in [5.74, 6) is 3.32. The number of hydrogen-bond donors (Lipinski definition) is 0. The Balaban J connectivity index is 4.01. The van der Waals surface area contributed by atoms with E-state index in [1.165, 1.54) is 24.3 Å². The number of rotatable bonds is 8. The van der Waals surface area contributed by atoms with Crippen molar-refractivity contribution in [3.63, 3.8) is 0 Å². The molecule has 0 fully saturated rings. The van der Waals surface area contributed by atoms with Crippen molar-refractivity contribution >= 4 is 23.5 Å². The van der Waals surface area contributed by atoms with E-state index in [2.05, 4.69) is 85.8 Å². The van der Waals surface area contributed by atoms with Crippen molar-refractivity contribution in [2.75, 3.05) is 11.5 Å². The molecule has 0 saturated carbocycles. The highest BCUT2D eigenvalue weighted by atomic mass is 32.2. The second kappa shape index (κ2) is 7.64. The van der Waals surface area contributed by atoms with Crippen LogP contribution < -0.4 is 0 Å². The zero-order valence-corrected chi connectivity index (χ0v) is 16.4. The lowest BCUT2D eigenvalue weighted by atomic mass is 9.75. The van der Waals surface area contributed by atoms with Crippen LogP contribution in [0.25, 0.3) is 0 Å². The smallest absolute Gasteiger partial charge is 0.0134 e. The molecular formula is C17H36S2. The third-order valence-corrected chi connectivity index (χ3v) is 7.60. The number of hydrogen-bond acceptors (Lipinski definition) is 2. The van der Waals surface area contributed by atoms with Crippen LogP contribution in [-0.2, 0) is 0 Å². The van der Waals surface area contributed by atoms with Gasteiger partial charge in [-0.2, -0.15) is 23.5 Å². The van der Waals surface area contributed by atoms with Crippen molar-refractivity contribution in [2.45, 2.75) is 84.6 Å². The van der Waals surface area contributed by atoms with Crippen LogP contribution in [0.4, 0.5) is 0 Å². The largest absolute Gasteiger partial charge is 0.156 e. The number of thioether (sulfide) groups is 2. The lowest BCUT2D eigenvalue weighted by molar-refractivity contribution is 0.219. The minimum atomic E-state index is 0.378. The Morgan fingerprint density at radius 1 is 0.842 bits per heavy atom. The molecular weight excluding hydrogens is 268 g/mol. The fraction of sp³-hybridized carbons (Fsp3) is 1.00. The molecule has 0 aromatic rings. The van der Waals surface area contributed by atoms with E-state index < -0.39 is 0 Å². The third-order valence-electron chi connectivity index (χ3n) is 4.45. The maximum absolute atomic E-state index is 2.41. The highest BCUT2D eigenvalue weighted by Gasteiger charge is 2.34. The average molecular weight is 305 g/mol. The Labute approximate surface area is 131 Å². The first-order chi connectivity index (χ1) is 8.42. The predicted molar refractivity (Wildman–Crippen MR) is 96.6 cm³/mol. The summed E-state index contributed by atoms with van der Waals surface area (Å²) in [5, 5.41) is 0. The summed E-state index contributed by atoms with van der Waals surface area (Å²) in [5.41, 5.74) is 0.398. The summed E-state index contributed by atoms with van der Waals surface area (Å²) in [6.45, 7) is 21.3. The van der Waals surface area contributed by atoms with Gasteiger partial charge in [0, 0.05) is 9.49 Å². The fourth-order valence-electron chi connectivity index (χ4n) is 2.01. The molecule has 0 aliphatic heterocycles. The fourth-order valence-corrected chi connectivity index (χ4v) is 4.66. The van der Waals surface area contributed by atoms with Crippen LogP contribution in [0.3, 0.4) is 0 Å². The molecule has 0 amide bonds. The Kier molecular flexibility index (Phi) is 7.92. The van der Waals surface area contributed by atoms with E-state index in [1.807, 2.05) is 0 Å². The maximum atomic E-state index is 2.41. The molecule has 2 heteroatoms. The van der Waals surface area contributed by atoms with Crippen LogP contribution >= 0.6 is 23.5 Å². The van der Waals surface area contributed by atoms with Crippen molar-refractivity contribution in [3.05, 3.63) is 0 Å². The van der Waals surface area contributed by atoms with E-state index in [9.17, 15) is 0 Å². The monoisotopic (exact) mass is 304 g/mol. The quantitative estimate of drug-likeness (QED) is 0.470. The second-order valence-electron chi connectivity index (χ2n) is 7.85. The van der Waals surface area contributed by atoms with Gasteiger partial charge in [-0.05, 0) is 35.7 Å². The molecule has 116 valence electrons. The molecule has 0 heterocycles. The average Bonchev–Trinajstić information content (AvgIpc) is 2.26.